The summed E-state index contributed by atoms with van der Waals surface area (Å²) in [6, 6.07) is 0. The Hall–Kier alpha value is -5.34. The fraction of sp³-hybridized carbons (Fsp3) is 0.667. The molecular formula is C54H78O27. The Bertz CT molecular complexity index is 2210. The summed E-state index contributed by atoms with van der Waals surface area (Å²) in [6.45, 7) is 14.1. The number of esters is 6. The molecule has 27 heteroatoms. The molecule has 0 aromatic carbocycles. The van der Waals surface area contributed by atoms with Gasteiger partial charge in [0.25, 0.3) is 0 Å². The van der Waals surface area contributed by atoms with Crippen LogP contribution in [0.15, 0.2) is 69.9 Å². The minimum atomic E-state index is -2.23. The molecular weight excluding hydrogens is 1080 g/mol. The normalized spacial score (nSPS) is 35.6. The van der Waals surface area contributed by atoms with Crippen LogP contribution in [0.3, 0.4) is 0 Å². The van der Waals surface area contributed by atoms with Crippen LogP contribution in [0.5, 0.6) is 0 Å². The van der Waals surface area contributed by atoms with E-state index in [-0.39, 0.29) is 33.4 Å². The average Bonchev–Trinajstić information content (AvgIpc) is 3.60. The Kier molecular flexibility index (Phi) is 26.4. The zero-order chi connectivity index (χ0) is 60.7. The zero-order valence-electron chi connectivity index (χ0n) is 47.2. The van der Waals surface area contributed by atoms with Gasteiger partial charge in [0.15, 0.2) is 49.6 Å². The first-order valence-electron chi connectivity index (χ1n) is 26.1. The van der Waals surface area contributed by atoms with Gasteiger partial charge < -0.3 is 102 Å². The van der Waals surface area contributed by atoms with Crippen LogP contribution in [-0.4, -0.2) is 226 Å². The Morgan fingerprint density at radius 3 is 0.864 bits per heavy atom. The van der Waals surface area contributed by atoms with Gasteiger partial charge in [0, 0.05) is 33.4 Å². The van der Waals surface area contributed by atoms with Crippen molar-refractivity contribution in [2.45, 2.75) is 206 Å². The molecule has 20 atom stereocenters. The van der Waals surface area contributed by atoms with Crippen molar-refractivity contribution in [1.82, 2.24) is 0 Å². The number of carbonyl (C=O) groups excluding carboxylic acids is 6. The molecule has 0 aromatic rings. The largest absolute Gasteiger partial charge is 0.459 e. The molecule has 27 nitrogen and oxygen atoms in total. The Morgan fingerprint density at radius 2 is 0.593 bits per heavy atom. The third-order valence-corrected chi connectivity index (χ3v) is 14.0. The van der Waals surface area contributed by atoms with Crippen LogP contribution in [0.25, 0.3) is 0 Å². The number of ether oxygens (including phenoxy) is 13. The van der Waals surface area contributed by atoms with Gasteiger partial charge >= 0.3 is 35.8 Å². The maximum absolute atomic E-state index is 13.3. The number of hydrogen-bond acceptors (Lipinski definition) is 27. The maximum atomic E-state index is 13.3. The quantitative estimate of drug-likeness (QED) is 0.0379. The van der Waals surface area contributed by atoms with E-state index in [4.69, 9.17) is 61.6 Å². The van der Waals surface area contributed by atoms with Gasteiger partial charge in [0.2, 0.25) is 0 Å². The van der Waals surface area contributed by atoms with Crippen molar-refractivity contribution in [3.8, 4) is 0 Å². The van der Waals surface area contributed by atoms with Gasteiger partial charge in [0.05, 0.1) is 13.2 Å². The molecule has 8 N–H and O–H groups in total. The summed E-state index contributed by atoms with van der Waals surface area (Å²) in [7, 11) is 0. The first-order chi connectivity index (χ1) is 38.3. The van der Waals surface area contributed by atoms with Crippen molar-refractivity contribution in [2.75, 3.05) is 26.4 Å². The van der Waals surface area contributed by atoms with Crippen molar-refractivity contribution in [3.05, 3.63) is 69.9 Å². The van der Waals surface area contributed by atoms with Crippen molar-refractivity contribution in [1.29, 1.82) is 0 Å². The van der Waals surface area contributed by atoms with Crippen molar-refractivity contribution in [3.63, 3.8) is 0 Å². The Balaban J connectivity index is 1.88. The smallest absolute Gasteiger partial charge is 0.333 e. The second kappa shape index (κ2) is 31.4. The summed E-state index contributed by atoms with van der Waals surface area (Å²) < 4.78 is 75.9. The number of hydrogen-bond donors (Lipinski definition) is 8. The third kappa shape index (κ3) is 16.9. The molecule has 0 spiro atoms. The number of aliphatic hydroxyl groups is 8. The second-order valence-corrected chi connectivity index (χ2v) is 19.3. The molecule has 81 heavy (non-hydrogen) atoms. The highest BCUT2D eigenvalue weighted by atomic mass is 16.8. The summed E-state index contributed by atoms with van der Waals surface area (Å²) in [5.74, 6) is -5.68. The lowest BCUT2D eigenvalue weighted by molar-refractivity contribution is -0.414. The lowest BCUT2D eigenvalue weighted by Gasteiger charge is -2.49. The number of aliphatic hydroxyl groups excluding tert-OH is 8. The first kappa shape index (κ1) is 68.2. The molecule has 0 radical (unpaired) electrons. The zero-order valence-corrected chi connectivity index (χ0v) is 47.2. The molecule has 4 fully saturated rings. The molecule has 4 heterocycles. The molecule has 0 bridgehead atoms. The predicted octanol–water partition coefficient (Wildman–Crippen LogP) is -0.646. The minimum absolute atomic E-state index is 0.0353. The van der Waals surface area contributed by atoms with E-state index in [1.807, 2.05) is 0 Å². The molecule has 4 aliphatic rings. The summed E-state index contributed by atoms with van der Waals surface area (Å²) >= 11 is 0. The molecule has 0 amide bonds. The SMILES string of the molecule is CC=C(C)C(=O)OCC1OC(OC2OC(COC(=O)C(C)=CC)C(O)C(O)C2OC2OC(CO)C(OC(=O)C(C)=CC)C(OC(=O)C(C)=CC)C2O)C(OC2OC(CO)C(OC(=O)C(C)=CC)C(OC(=O)C(C)=CC)C2O)C(O)C1O. The highest BCUT2D eigenvalue weighted by molar-refractivity contribution is 5.90. The lowest BCUT2D eigenvalue weighted by Crippen LogP contribution is -2.68. The van der Waals surface area contributed by atoms with Gasteiger partial charge in [-0.25, -0.2) is 28.8 Å². The van der Waals surface area contributed by atoms with E-state index >= 15 is 0 Å². The molecule has 20 unspecified atom stereocenters. The van der Waals surface area contributed by atoms with Gasteiger partial charge in [-0.2, -0.15) is 0 Å². The van der Waals surface area contributed by atoms with E-state index in [0.29, 0.717) is 0 Å². The summed E-state index contributed by atoms with van der Waals surface area (Å²) in [6.07, 6.45) is -31.4. The molecule has 0 saturated carbocycles. The van der Waals surface area contributed by atoms with Gasteiger partial charge in [-0.1, -0.05) is 36.5 Å². The Morgan fingerprint density at radius 1 is 0.333 bits per heavy atom. The molecule has 4 rings (SSSR count). The molecule has 0 aliphatic carbocycles. The Labute approximate surface area is 468 Å². The van der Waals surface area contributed by atoms with E-state index in [1.54, 1.807) is 13.8 Å². The molecule has 4 aliphatic heterocycles. The van der Waals surface area contributed by atoms with E-state index in [2.05, 4.69) is 0 Å². The fourth-order valence-corrected chi connectivity index (χ4v) is 8.01. The van der Waals surface area contributed by atoms with Crippen LogP contribution in [0.1, 0.15) is 83.1 Å². The van der Waals surface area contributed by atoms with Gasteiger partial charge in [-0.15, -0.1) is 0 Å². The van der Waals surface area contributed by atoms with Crippen LogP contribution < -0.4 is 0 Å². The van der Waals surface area contributed by atoms with Crippen molar-refractivity contribution < 1.29 is 131 Å². The van der Waals surface area contributed by atoms with Crippen LogP contribution in [0.4, 0.5) is 0 Å². The number of carbonyl (C=O) groups is 6. The standard InChI is InChI=1S/C54H78O27/c1-13-23(7)45(63)69-21-31-33(57)35(59)43(79-51-37(61)41(77-49(67)27(11)17-5)39(29(19-55)71-51)75-47(65)25(9)15-3)53(73-31)81-54-44(36(60)34(58)32(74-54)22-70-46(64)24(8)14-2)80-52-38(62)42(78-50(68)28(12)18-6)40(30(20-56)72-52)76-48(66)26(10)16-4/h13-18,29-44,51-62H,19-22H2,1-12H3. The van der Waals surface area contributed by atoms with Gasteiger partial charge in [-0.3, -0.25) is 0 Å². The van der Waals surface area contributed by atoms with Crippen molar-refractivity contribution >= 4 is 35.8 Å². The van der Waals surface area contributed by atoms with Gasteiger partial charge in [0.1, 0.15) is 86.5 Å². The predicted molar refractivity (Wildman–Crippen MR) is 274 cm³/mol. The summed E-state index contributed by atoms with van der Waals surface area (Å²) in [5, 5.41) is 92.4. The van der Waals surface area contributed by atoms with Crippen LogP contribution in [0.2, 0.25) is 0 Å². The monoisotopic (exact) mass is 1160 g/mol. The van der Waals surface area contributed by atoms with Crippen LogP contribution in [-0.2, 0) is 90.3 Å². The van der Waals surface area contributed by atoms with Crippen LogP contribution in [0, 0.1) is 0 Å². The molecule has 456 valence electrons. The van der Waals surface area contributed by atoms with E-state index in [9.17, 15) is 69.6 Å². The van der Waals surface area contributed by atoms with Crippen molar-refractivity contribution in [2.24, 2.45) is 0 Å². The summed E-state index contributed by atoms with van der Waals surface area (Å²) in [5.41, 5.74) is 0.484. The third-order valence-electron chi connectivity index (χ3n) is 14.0. The lowest BCUT2D eigenvalue weighted by atomic mass is 9.96. The fourth-order valence-electron chi connectivity index (χ4n) is 8.01. The van der Waals surface area contributed by atoms with Crippen LogP contribution >= 0.6 is 0 Å². The van der Waals surface area contributed by atoms with E-state index in [0.717, 1.165) is 0 Å². The van der Waals surface area contributed by atoms with E-state index in [1.165, 1.54) is 106 Å². The average molecular weight is 1160 g/mol. The minimum Gasteiger partial charge on any atom is -0.459 e. The highest BCUT2D eigenvalue weighted by Crippen LogP contribution is 2.37. The molecule has 0 aromatic heterocycles. The number of allylic oxidation sites excluding steroid dienone is 6. The summed E-state index contributed by atoms with van der Waals surface area (Å²) in [4.78, 5) is 78.5. The number of rotatable bonds is 22. The second-order valence-electron chi connectivity index (χ2n) is 19.3. The highest BCUT2D eigenvalue weighted by Gasteiger charge is 2.58. The van der Waals surface area contributed by atoms with Gasteiger partial charge in [-0.05, 0) is 83.1 Å². The first-order valence-corrected chi connectivity index (χ1v) is 26.1. The molecule has 4 saturated heterocycles. The maximum Gasteiger partial charge on any atom is 0.333 e. The topological polar surface area (TPSA) is 384 Å². The van der Waals surface area contributed by atoms with E-state index < -0.39 is 185 Å².